The predicted octanol–water partition coefficient (Wildman–Crippen LogP) is 3.31. The zero-order valence-corrected chi connectivity index (χ0v) is 15.5. The summed E-state index contributed by atoms with van der Waals surface area (Å²) >= 11 is 1.18. The van der Waals surface area contributed by atoms with E-state index in [1.807, 2.05) is 25.3 Å². The molecule has 134 valence electrons. The van der Waals surface area contributed by atoms with Crippen molar-refractivity contribution in [3.05, 3.63) is 34.5 Å². The molecule has 0 spiro atoms. The average molecular weight is 360 g/mol. The summed E-state index contributed by atoms with van der Waals surface area (Å²) in [5, 5.41) is 7.20. The molecule has 7 heteroatoms. The topological polar surface area (TPSA) is 77.0 Å². The molecule has 0 saturated heterocycles. The number of hydrogen-bond donors (Lipinski definition) is 1. The molecule has 0 aliphatic heterocycles. The van der Waals surface area contributed by atoms with Crippen LogP contribution in [-0.4, -0.2) is 32.6 Å². The number of ether oxygens (including phenoxy) is 1. The van der Waals surface area contributed by atoms with Gasteiger partial charge in [-0.15, -0.1) is 5.10 Å². The molecule has 2 aromatic heterocycles. The van der Waals surface area contributed by atoms with Gasteiger partial charge in [-0.1, -0.05) is 23.9 Å². The summed E-state index contributed by atoms with van der Waals surface area (Å²) in [7, 11) is 0. The van der Waals surface area contributed by atoms with Gasteiger partial charge >= 0.3 is 0 Å². The summed E-state index contributed by atoms with van der Waals surface area (Å²) < 4.78 is 9.87. The van der Waals surface area contributed by atoms with Gasteiger partial charge in [0.1, 0.15) is 11.0 Å². The first kappa shape index (κ1) is 17.8. The largest absolute Gasteiger partial charge is 0.474 e. The molecular weight excluding hydrogens is 336 g/mol. The zero-order valence-electron chi connectivity index (χ0n) is 14.7. The van der Waals surface area contributed by atoms with E-state index >= 15 is 0 Å². The lowest BCUT2D eigenvalue weighted by Gasteiger charge is -2.29. The molecule has 25 heavy (non-hydrogen) atoms. The number of aryl methyl sites for hydroxylation is 2. The second-order valence-corrected chi connectivity index (χ2v) is 7.29. The monoisotopic (exact) mass is 360 g/mol. The number of carbonyl (C=O) groups excluding carboxylic acids is 1. The molecule has 0 aromatic carbocycles. The van der Waals surface area contributed by atoms with E-state index in [4.69, 9.17) is 4.74 Å². The standard InChI is InChI=1S/C18H24N4O2S/c1-3-4-15-17(25-22-21-15)18(23)20-13-6-8-14(9-7-13)24-16-10-5-12(2)11-19-16/h5,10-11,13-14H,3-4,6-9H2,1-2H3,(H,20,23). The summed E-state index contributed by atoms with van der Waals surface area (Å²) in [6.07, 6.45) is 7.41. The summed E-state index contributed by atoms with van der Waals surface area (Å²) in [6, 6.07) is 4.11. The first-order valence-corrected chi connectivity index (χ1v) is 9.64. The molecule has 1 aliphatic rings. The summed E-state index contributed by atoms with van der Waals surface area (Å²) in [4.78, 5) is 17.4. The van der Waals surface area contributed by atoms with E-state index in [1.54, 1.807) is 0 Å². The third-order valence-corrected chi connectivity index (χ3v) is 5.20. The molecule has 2 aromatic rings. The van der Waals surface area contributed by atoms with Gasteiger partial charge in [0.25, 0.3) is 5.91 Å². The van der Waals surface area contributed by atoms with Crippen molar-refractivity contribution in [2.45, 2.75) is 64.5 Å². The van der Waals surface area contributed by atoms with Gasteiger partial charge in [0, 0.05) is 18.3 Å². The van der Waals surface area contributed by atoms with Crippen molar-refractivity contribution in [2.75, 3.05) is 0 Å². The van der Waals surface area contributed by atoms with E-state index in [9.17, 15) is 4.79 Å². The Morgan fingerprint density at radius 1 is 1.32 bits per heavy atom. The number of nitrogens with zero attached hydrogens (tertiary/aromatic N) is 3. The Morgan fingerprint density at radius 2 is 2.12 bits per heavy atom. The van der Waals surface area contributed by atoms with Crippen molar-refractivity contribution in [2.24, 2.45) is 0 Å². The molecule has 2 heterocycles. The SMILES string of the molecule is CCCc1nnsc1C(=O)NC1CCC(Oc2ccc(C)cn2)CC1. The maximum absolute atomic E-state index is 12.5. The Hall–Kier alpha value is -2.02. The van der Waals surface area contributed by atoms with E-state index < -0.39 is 0 Å². The van der Waals surface area contributed by atoms with Gasteiger partial charge in [-0.05, 0) is 56.1 Å². The summed E-state index contributed by atoms with van der Waals surface area (Å²) in [5.74, 6) is 0.640. The van der Waals surface area contributed by atoms with Crippen LogP contribution in [-0.2, 0) is 6.42 Å². The molecule has 0 radical (unpaired) electrons. The number of carbonyl (C=O) groups is 1. The smallest absolute Gasteiger partial charge is 0.265 e. The van der Waals surface area contributed by atoms with E-state index in [0.717, 1.165) is 49.8 Å². The fraction of sp³-hybridized carbons (Fsp3) is 0.556. The molecule has 1 saturated carbocycles. The highest BCUT2D eigenvalue weighted by atomic mass is 32.1. The minimum atomic E-state index is -0.0389. The van der Waals surface area contributed by atoms with Gasteiger partial charge in [0.05, 0.1) is 5.69 Å². The second kappa shape index (κ2) is 8.38. The first-order valence-electron chi connectivity index (χ1n) is 8.87. The zero-order chi connectivity index (χ0) is 17.6. The van der Waals surface area contributed by atoms with Crippen LogP contribution in [0.5, 0.6) is 5.88 Å². The molecule has 1 amide bonds. The van der Waals surface area contributed by atoms with Crippen LogP contribution in [0.1, 0.15) is 60.0 Å². The molecule has 0 bridgehead atoms. The fourth-order valence-corrected chi connectivity index (χ4v) is 3.66. The van der Waals surface area contributed by atoms with Crippen LogP contribution in [0.4, 0.5) is 0 Å². The Kier molecular flexibility index (Phi) is 5.96. The number of hydrogen-bond acceptors (Lipinski definition) is 6. The lowest BCUT2D eigenvalue weighted by Crippen LogP contribution is -2.39. The summed E-state index contributed by atoms with van der Waals surface area (Å²) in [6.45, 7) is 4.08. The Bertz CT molecular complexity index is 693. The molecule has 3 rings (SSSR count). The van der Waals surface area contributed by atoms with Gasteiger partial charge in [0.15, 0.2) is 0 Å². The van der Waals surface area contributed by atoms with Crippen LogP contribution in [0.15, 0.2) is 18.3 Å². The van der Waals surface area contributed by atoms with Crippen molar-refractivity contribution in [3.63, 3.8) is 0 Å². The molecule has 6 nitrogen and oxygen atoms in total. The van der Waals surface area contributed by atoms with Crippen molar-refractivity contribution in [3.8, 4) is 5.88 Å². The van der Waals surface area contributed by atoms with Gasteiger partial charge in [-0.2, -0.15) is 0 Å². The average Bonchev–Trinajstić information content (AvgIpc) is 3.07. The highest BCUT2D eigenvalue weighted by molar-refractivity contribution is 7.08. The van der Waals surface area contributed by atoms with Crippen LogP contribution < -0.4 is 10.1 Å². The molecule has 1 fully saturated rings. The first-order chi connectivity index (χ1) is 12.2. The molecular formula is C18H24N4O2S. The highest BCUT2D eigenvalue weighted by Crippen LogP contribution is 2.24. The van der Waals surface area contributed by atoms with E-state index in [1.165, 1.54) is 11.5 Å². The number of amides is 1. The second-order valence-electron chi connectivity index (χ2n) is 6.54. The van der Waals surface area contributed by atoms with Crippen molar-refractivity contribution in [1.82, 2.24) is 19.9 Å². The number of nitrogens with one attached hydrogen (secondary N) is 1. The molecule has 1 N–H and O–H groups in total. The van der Waals surface area contributed by atoms with E-state index in [2.05, 4.69) is 26.8 Å². The van der Waals surface area contributed by atoms with Gasteiger partial charge in [-0.25, -0.2) is 4.98 Å². The van der Waals surface area contributed by atoms with E-state index in [0.29, 0.717) is 10.8 Å². The number of rotatable bonds is 6. The summed E-state index contributed by atoms with van der Waals surface area (Å²) in [5.41, 5.74) is 1.94. The Labute approximate surface area is 152 Å². The van der Waals surface area contributed by atoms with Crippen LogP contribution in [0, 0.1) is 6.92 Å². The van der Waals surface area contributed by atoms with Crippen LogP contribution in [0.3, 0.4) is 0 Å². The predicted molar refractivity (Wildman–Crippen MR) is 97.0 cm³/mol. The maximum Gasteiger partial charge on any atom is 0.265 e. The van der Waals surface area contributed by atoms with Gasteiger partial charge < -0.3 is 10.1 Å². The normalized spacial score (nSPS) is 20.2. The lowest BCUT2D eigenvalue weighted by atomic mass is 9.93. The fourth-order valence-electron chi connectivity index (χ4n) is 3.05. The van der Waals surface area contributed by atoms with Gasteiger partial charge in [-0.3, -0.25) is 4.79 Å². The molecule has 1 aliphatic carbocycles. The highest BCUT2D eigenvalue weighted by Gasteiger charge is 2.25. The number of pyridine rings is 1. The molecule has 0 atom stereocenters. The van der Waals surface area contributed by atoms with Gasteiger partial charge in [0.2, 0.25) is 5.88 Å². The Morgan fingerprint density at radius 3 is 2.80 bits per heavy atom. The maximum atomic E-state index is 12.5. The van der Waals surface area contributed by atoms with Crippen molar-refractivity contribution >= 4 is 17.4 Å². The van der Waals surface area contributed by atoms with Crippen LogP contribution in [0.2, 0.25) is 0 Å². The lowest BCUT2D eigenvalue weighted by molar-refractivity contribution is 0.0893. The quantitative estimate of drug-likeness (QED) is 0.855. The molecule has 0 unspecified atom stereocenters. The minimum Gasteiger partial charge on any atom is -0.474 e. The third-order valence-electron chi connectivity index (χ3n) is 4.43. The Balaban J connectivity index is 1.48. The van der Waals surface area contributed by atoms with Crippen LogP contribution in [0.25, 0.3) is 0 Å². The third kappa shape index (κ3) is 4.75. The number of aromatic nitrogens is 3. The van der Waals surface area contributed by atoms with Crippen molar-refractivity contribution < 1.29 is 9.53 Å². The van der Waals surface area contributed by atoms with E-state index in [-0.39, 0.29) is 18.1 Å². The minimum absolute atomic E-state index is 0.0389. The van der Waals surface area contributed by atoms with Crippen molar-refractivity contribution in [1.29, 1.82) is 0 Å². The van der Waals surface area contributed by atoms with Crippen LogP contribution >= 0.6 is 11.5 Å².